The van der Waals surface area contributed by atoms with Crippen molar-refractivity contribution < 1.29 is 0 Å². The molecule has 120 valence electrons. The fourth-order valence-electron chi connectivity index (χ4n) is 2.31. The van der Waals surface area contributed by atoms with E-state index in [9.17, 15) is 0 Å². The largest absolute Gasteiger partial charge is 0.381 e. The van der Waals surface area contributed by atoms with Gasteiger partial charge in [0.25, 0.3) is 0 Å². The molecule has 4 heteroatoms. The van der Waals surface area contributed by atoms with E-state index in [4.69, 9.17) is 0 Å². The number of fused-ring (bicyclic) bond motifs is 1. The Morgan fingerprint density at radius 3 is 2.57 bits per heavy atom. The van der Waals surface area contributed by atoms with Gasteiger partial charge in [0.15, 0.2) is 0 Å². The Kier molecular flexibility index (Phi) is 6.06. The van der Waals surface area contributed by atoms with Crippen molar-refractivity contribution >= 4 is 25.6 Å². The summed E-state index contributed by atoms with van der Waals surface area (Å²) in [6.45, 7) is 9.13. The summed E-state index contributed by atoms with van der Waals surface area (Å²) in [7, 11) is 2.75. The van der Waals surface area contributed by atoms with Gasteiger partial charge in [-0.05, 0) is 56.3 Å². The summed E-state index contributed by atoms with van der Waals surface area (Å²) in [6, 6.07) is 4.22. The molecule has 0 fully saturated rings. The lowest BCUT2D eigenvalue weighted by atomic mass is 10.1. The van der Waals surface area contributed by atoms with Gasteiger partial charge in [0, 0.05) is 24.6 Å². The Bertz CT molecular complexity index is 784. The summed E-state index contributed by atoms with van der Waals surface area (Å²) in [5.41, 5.74) is 6.72. The molecule has 0 amide bonds. The average Bonchev–Trinajstić information content (AvgIpc) is 2.53. The molecule has 1 heterocycles. The second-order valence-corrected chi connectivity index (χ2v) is 6.38. The SMILES string of the molecule is C/C=C(NCc1cc(P)c2nccnc2c1)\C(C)=C/C=C(C)C. The van der Waals surface area contributed by atoms with Crippen LogP contribution in [0.1, 0.15) is 33.3 Å². The van der Waals surface area contributed by atoms with Crippen LogP contribution in [0.5, 0.6) is 0 Å². The summed E-state index contributed by atoms with van der Waals surface area (Å²) < 4.78 is 0. The monoisotopic (exact) mass is 325 g/mol. The molecular weight excluding hydrogens is 301 g/mol. The van der Waals surface area contributed by atoms with E-state index < -0.39 is 0 Å². The van der Waals surface area contributed by atoms with E-state index >= 15 is 0 Å². The normalized spacial score (nSPS) is 12.4. The zero-order chi connectivity index (χ0) is 16.8. The third-order valence-electron chi connectivity index (χ3n) is 3.53. The van der Waals surface area contributed by atoms with Crippen molar-refractivity contribution in [3.05, 3.63) is 65.2 Å². The molecule has 0 aliphatic rings. The molecule has 0 saturated carbocycles. The van der Waals surface area contributed by atoms with Crippen molar-refractivity contribution in [2.24, 2.45) is 0 Å². The van der Waals surface area contributed by atoms with E-state index in [-0.39, 0.29) is 0 Å². The van der Waals surface area contributed by atoms with Crippen LogP contribution in [-0.4, -0.2) is 9.97 Å². The summed E-state index contributed by atoms with van der Waals surface area (Å²) in [4.78, 5) is 8.77. The molecule has 3 nitrogen and oxygen atoms in total. The topological polar surface area (TPSA) is 37.8 Å². The van der Waals surface area contributed by atoms with Gasteiger partial charge in [0.1, 0.15) is 0 Å². The van der Waals surface area contributed by atoms with E-state index in [1.54, 1.807) is 12.4 Å². The van der Waals surface area contributed by atoms with Crippen LogP contribution >= 0.6 is 9.24 Å². The Labute approximate surface area is 140 Å². The summed E-state index contributed by atoms with van der Waals surface area (Å²) >= 11 is 0. The predicted octanol–water partition coefficient (Wildman–Crippen LogP) is 4.04. The number of allylic oxidation sites excluding steroid dienone is 5. The second-order valence-electron chi connectivity index (χ2n) is 5.76. The standard InChI is InChI=1S/C19H24N3P/c1-5-16(14(4)7-6-13(2)3)22-12-15-10-17-19(18(23)11-15)21-9-8-20-17/h5-11,22H,12,23H2,1-4H3/b14-7-,16-5+. The molecule has 2 rings (SSSR count). The maximum atomic E-state index is 4.40. The molecule has 1 aromatic heterocycles. The molecule has 1 N–H and O–H groups in total. The number of aromatic nitrogens is 2. The molecule has 1 unspecified atom stereocenters. The number of nitrogens with one attached hydrogen (secondary N) is 1. The molecular formula is C19H24N3P. The molecule has 1 aromatic carbocycles. The summed E-state index contributed by atoms with van der Waals surface area (Å²) in [5, 5.41) is 4.58. The van der Waals surface area contributed by atoms with Crippen LogP contribution in [0.2, 0.25) is 0 Å². The second kappa shape index (κ2) is 8.03. The lowest BCUT2D eigenvalue weighted by Gasteiger charge is -2.12. The summed E-state index contributed by atoms with van der Waals surface area (Å²) in [6.07, 6.45) is 9.83. The quantitative estimate of drug-likeness (QED) is 0.666. The third kappa shape index (κ3) is 4.74. The van der Waals surface area contributed by atoms with Gasteiger partial charge in [-0.25, -0.2) is 0 Å². The molecule has 0 aliphatic carbocycles. The number of hydrogen-bond acceptors (Lipinski definition) is 3. The maximum absolute atomic E-state index is 4.40. The third-order valence-corrected chi connectivity index (χ3v) is 3.97. The highest BCUT2D eigenvalue weighted by Gasteiger charge is 2.04. The molecule has 0 aliphatic heterocycles. The minimum absolute atomic E-state index is 0.758. The van der Waals surface area contributed by atoms with Crippen LogP contribution in [0, 0.1) is 0 Å². The highest BCUT2D eigenvalue weighted by Crippen LogP contribution is 2.13. The number of rotatable bonds is 5. The Hall–Kier alpha value is -1.99. The van der Waals surface area contributed by atoms with Crippen molar-refractivity contribution in [3.63, 3.8) is 0 Å². The lowest BCUT2D eigenvalue weighted by Crippen LogP contribution is -2.15. The molecule has 0 bridgehead atoms. The van der Waals surface area contributed by atoms with Crippen LogP contribution in [0.4, 0.5) is 0 Å². The van der Waals surface area contributed by atoms with Gasteiger partial charge in [0.2, 0.25) is 0 Å². The lowest BCUT2D eigenvalue weighted by molar-refractivity contribution is 0.818. The van der Waals surface area contributed by atoms with Crippen LogP contribution in [-0.2, 0) is 6.54 Å². The van der Waals surface area contributed by atoms with E-state index in [0.717, 1.165) is 28.6 Å². The highest BCUT2D eigenvalue weighted by molar-refractivity contribution is 7.28. The Balaban J connectivity index is 2.16. The zero-order valence-electron chi connectivity index (χ0n) is 14.2. The smallest absolute Gasteiger partial charge is 0.0958 e. The van der Waals surface area contributed by atoms with E-state index in [1.807, 2.05) is 0 Å². The van der Waals surface area contributed by atoms with Gasteiger partial charge in [-0.2, -0.15) is 0 Å². The molecule has 0 saturated heterocycles. The van der Waals surface area contributed by atoms with Crippen LogP contribution in [0.25, 0.3) is 11.0 Å². The zero-order valence-corrected chi connectivity index (χ0v) is 15.4. The van der Waals surface area contributed by atoms with Crippen molar-refractivity contribution in [2.75, 3.05) is 0 Å². The van der Waals surface area contributed by atoms with Gasteiger partial charge >= 0.3 is 0 Å². The van der Waals surface area contributed by atoms with Crippen LogP contribution < -0.4 is 10.6 Å². The molecule has 23 heavy (non-hydrogen) atoms. The van der Waals surface area contributed by atoms with E-state index in [2.05, 4.69) is 82.6 Å². The minimum Gasteiger partial charge on any atom is -0.381 e. The first-order chi connectivity index (χ1) is 11.0. The Morgan fingerprint density at radius 2 is 1.87 bits per heavy atom. The number of benzene rings is 1. The van der Waals surface area contributed by atoms with Gasteiger partial charge < -0.3 is 5.32 Å². The van der Waals surface area contributed by atoms with Crippen molar-refractivity contribution in [1.82, 2.24) is 15.3 Å². The maximum Gasteiger partial charge on any atom is 0.0958 e. The van der Waals surface area contributed by atoms with Crippen molar-refractivity contribution in [2.45, 2.75) is 34.2 Å². The first-order valence-electron chi connectivity index (χ1n) is 7.72. The first-order valence-corrected chi connectivity index (χ1v) is 8.30. The van der Waals surface area contributed by atoms with Crippen molar-refractivity contribution in [3.8, 4) is 0 Å². The van der Waals surface area contributed by atoms with Gasteiger partial charge in [-0.15, -0.1) is 9.24 Å². The Morgan fingerprint density at radius 1 is 1.13 bits per heavy atom. The van der Waals surface area contributed by atoms with Gasteiger partial charge in [-0.3, -0.25) is 9.97 Å². The van der Waals surface area contributed by atoms with Gasteiger partial charge in [-0.1, -0.05) is 23.8 Å². The summed E-state index contributed by atoms with van der Waals surface area (Å²) in [5.74, 6) is 0. The van der Waals surface area contributed by atoms with Crippen LogP contribution in [0.15, 0.2) is 59.6 Å². The average molecular weight is 325 g/mol. The molecule has 2 aromatic rings. The fourth-order valence-corrected chi connectivity index (χ4v) is 2.75. The molecule has 0 radical (unpaired) electrons. The van der Waals surface area contributed by atoms with Gasteiger partial charge in [0.05, 0.1) is 11.0 Å². The molecule has 1 atom stereocenters. The van der Waals surface area contributed by atoms with Crippen molar-refractivity contribution in [1.29, 1.82) is 0 Å². The number of hydrogen-bond donors (Lipinski definition) is 1. The number of nitrogens with zero attached hydrogens (tertiary/aromatic N) is 2. The van der Waals surface area contributed by atoms with E-state index in [0.29, 0.717) is 0 Å². The molecule has 0 spiro atoms. The first kappa shape index (κ1) is 17.4. The van der Waals surface area contributed by atoms with E-state index in [1.165, 1.54) is 16.7 Å². The fraction of sp³-hybridized carbons (Fsp3) is 0.263. The van der Waals surface area contributed by atoms with Crippen LogP contribution in [0.3, 0.4) is 0 Å². The highest BCUT2D eigenvalue weighted by atomic mass is 31.0. The predicted molar refractivity (Wildman–Crippen MR) is 103 cm³/mol. The minimum atomic E-state index is 0.758.